The van der Waals surface area contributed by atoms with Crippen molar-refractivity contribution >= 4 is 12.1 Å². The number of hydrogen-bond acceptors (Lipinski definition) is 2. The van der Waals surface area contributed by atoms with Crippen LogP contribution in [0, 0.1) is 5.92 Å². The molecule has 1 radical (unpaired) electrons. The molecule has 0 amide bonds. The lowest BCUT2D eigenvalue weighted by molar-refractivity contribution is -0.121. The number of ketones is 1. The fourth-order valence-electron chi connectivity index (χ4n) is 4.55. The van der Waals surface area contributed by atoms with E-state index in [1.54, 1.807) is 0 Å². The van der Waals surface area contributed by atoms with E-state index >= 15 is 0 Å². The summed E-state index contributed by atoms with van der Waals surface area (Å²) >= 11 is 0. The smallest absolute Gasteiger partial charge is 0.209 e. The summed E-state index contributed by atoms with van der Waals surface area (Å²) in [7, 11) is 0. The van der Waals surface area contributed by atoms with Crippen LogP contribution in [0.15, 0.2) is 48.6 Å². The summed E-state index contributed by atoms with van der Waals surface area (Å²) in [6, 6.07) is 0. The van der Waals surface area contributed by atoms with Gasteiger partial charge in [-0.15, -0.1) is 0 Å². The summed E-state index contributed by atoms with van der Waals surface area (Å²) in [5.41, 5.74) is 0. The number of hydrogen-bond donors (Lipinski definition) is 0. The standard InChI is InChI=1S/C36H61O2/c1-3-5-7-9-11-13-15-17-19-21-23-25-27-29-31-33-36(38)35(34-37)32-30-28-26-24-22-20-18-16-14-12-10-8-6-4-2/h11-14,17-20,35H,3-10,15-16,21-33H2,1-2H3/b13-11?,14-12-,19-17?,20-18-. The summed E-state index contributed by atoms with van der Waals surface area (Å²) in [6.07, 6.45) is 46.2. The van der Waals surface area contributed by atoms with Gasteiger partial charge in [-0.3, -0.25) is 9.59 Å². The Balaban J connectivity index is 3.59. The Bertz CT molecular complexity index is 625. The second kappa shape index (κ2) is 31.5. The van der Waals surface area contributed by atoms with Gasteiger partial charge in [0.05, 0.1) is 5.92 Å². The lowest BCUT2D eigenvalue weighted by atomic mass is 9.94. The number of rotatable bonds is 29. The van der Waals surface area contributed by atoms with E-state index in [0.29, 0.717) is 12.8 Å². The molecule has 38 heavy (non-hydrogen) atoms. The van der Waals surface area contributed by atoms with E-state index in [1.807, 2.05) is 6.29 Å². The normalized spacial score (nSPS) is 13.0. The summed E-state index contributed by atoms with van der Waals surface area (Å²) in [5.74, 6) is -0.388. The van der Waals surface area contributed by atoms with Gasteiger partial charge in [0, 0.05) is 6.42 Å². The molecular formula is C36H61O2. The fraction of sp³-hybridized carbons (Fsp3) is 0.722. The van der Waals surface area contributed by atoms with Crippen LogP contribution in [0.3, 0.4) is 0 Å². The topological polar surface area (TPSA) is 34.1 Å². The third kappa shape index (κ3) is 27.3. The molecule has 0 aliphatic rings. The molecule has 1 atom stereocenters. The van der Waals surface area contributed by atoms with Crippen molar-refractivity contribution in [3.63, 3.8) is 0 Å². The van der Waals surface area contributed by atoms with Gasteiger partial charge in [0.2, 0.25) is 6.29 Å². The molecule has 0 heterocycles. The molecule has 2 nitrogen and oxygen atoms in total. The van der Waals surface area contributed by atoms with Crippen LogP contribution in [0.5, 0.6) is 0 Å². The van der Waals surface area contributed by atoms with E-state index in [-0.39, 0.29) is 5.78 Å². The van der Waals surface area contributed by atoms with Crippen LogP contribution >= 0.6 is 0 Å². The highest BCUT2D eigenvalue weighted by atomic mass is 16.1. The van der Waals surface area contributed by atoms with Gasteiger partial charge in [-0.1, -0.05) is 127 Å². The largest absolute Gasteiger partial charge is 0.299 e. The second-order valence-corrected chi connectivity index (χ2v) is 10.8. The van der Waals surface area contributed by atoms with Crippen LogP contribution in [0.1, 0.15) is 162 Å². The monoisotopic (exact) mass is 525 g/mol. The molecule has 0 fully saturated rings. The zero-order valence-corrected chi connectivity index (χ0v) is 25.3. The molecular weight excluding hydrogens is 464 g/mol. The van der Waals surface area contributed by atoms with Crippen molar-refractivity contribution in [3.8, 4) is 0 Å². The maximum Gasteiger partial charge on any atom is 0.209 e. The zero-order valence-electron chi connectivity index (χ0n) is 25.3. The third-order valence-corrected chi connectivity index (χ3v) is 7.10. The van der Waals surface area contributed by atoms with Crippen LogP contribution in [-0.2, 0) is 9.59 Å². The molecule has 0 rings (SSSR count). The van der Waals surface area contributed by atoms with Gasteiger partial charge in [-0.05, 0) is 77.0 Å². The Morgan fingerprint density at radius 2 is 0.921 bits per heavy atom. The fourth-order valence-corrected chi connectivity index (χ4v) is 4.55. The van der Waals surface area contributed by atoms with Gasteiger partial charge in [0.25, 0.3) is 0 Å². The minimum Gasteiger partial charge on any atom is -0.299 e. The molecule has 217 valence electrons. The molecule has 0 saturated heterocycles. The minimum absolute atomic E-state index is 0.108. The van der Waals surface area contributed by atoms with Gasteiger partial charge in [-0.25, -0.2) is 0 Å². The van der Waals surface area contributed by atoms with E-state index in [1.165, 1.54) is 83.5 Å². The summed E-state index contributed by atoms with van der Waals surface area (Å²) in [6.45, 7) is 4.48. The first kappa shape index (κ1) is 36.3. The Labute approximate surface area is 237 Å². The Morgan fingerprint density at radius 3 is 1.37 bits per heavy atom. The molecule has 0 aliphatic heterocycles. The van der Waals surface area contributed by atoms with E-state index in [9.17, 15) is 9.59 Å². The molecule has 0 aromatic carbocycles. The Hall–Kier alpha value is -1.70. The Kier molecular flexibility index (Phi) is 30.1. The van der Waals surface area contributed by atoms with Crippen LogP contribution in [0.2, 0.25) is 0 Å². The van der Waals surface area contributed by atoms with E-state index in [2.05, 4.69) is 62.5 Å². The quantitative estimate of drug-likeness (QED) is 0.0552. The van der Waals surface area contributed by atoms with Crippen molar-refractivity contribution < 1.29 is 9.59 Å². The molecule has 2 heteroatoms. The van der Waals surface area contributed by atoms with E-state index in [0.717, 1.165) is 51.4 Å². The molecule has 0 bridgehead atoms. The molecule has 0 N–H and O–H groups in total. The van der Waals surface area contributed by atoms with Crippen LogP contribution in [0.25, 0.3) is 0 Å². The van der Waals surface area contributed by atoms with Gasteiger partial charge in [0.15, 0.2) is 0 Å². The predicted octanol–water partition coefficient (Wildman–Crippen LogP) is 11.5. The van der Waals surface area contributed by atoms with Gasteiger partial charge in [-0.2, -0.15) is 0 Å². The molecule has 0 aromatic heterocycles. The molecule has 0 aliphatic carbocycles. The van der Waals surface area contributed by atoms with Crippen molar-refractivity contribution in [3.05, 3.63) is 48.6 Å². The lowest BCUT2D eigenvalue weighted by Crippen LogP contribution is -2.15. The number of Topliss-reactive ketones (excluding diaryl/α,β-unsaturated/α-hetero) is 1. The minimum atomic E-state index is -0.496. The number of unbranched alkanes of at least 4 members (excludes halogenated alkanes) is 15. The average Bonchev–Trinajstić information content (AvgIpc) is 2.93. The SMILES string of the molecule is CCCCCC=CCC=CCCCCCCCC(=O)C([C]=O)CCCCCC/C=C\C/C=C\CCCCC. The van der Waals surface area contributed by atoms with Crippen molar-refractivity contribution in [1.29, 1.82) is 0 Å². The van der Waals surface area contributed by atoms with Crippen molar-refractivity contribution in [2.75, 3.05) is 0 Å². The lowest BCUT2D eigenvalue weighted by Gasteiger charge is -2.08. The molecule has 0 aromatic rings. The average molecular weight is 526 g/mol. The highest BCUT2D eigenvalue weighted by molar-refractivity contribution is 5.93. The van der Waals surface area contributed by atoms with Gasteiger partial charge in [0.1, 0.15) is 5.78 Å². The number of allylic oxidation sites excluding steroid dienone is 8. The zero-order chi connectivity index (χ0) is 27.8. The summed E-state index contributed by atoms with van der Waals surface area (Å²) in [5, 5.41) is 0. The second-order valence-electron chi connectivity index (χ2n) is 10.8. The summed E-state index contributed by atoms with van der Waals surface area (Å²) < 4.78 is 0. The molecule has 0 saturated carbocycles. The maximum absolute atomic E-state index is 12.4. The van der Waals surface area contributed by atoms with Crippen molar-refractivity contribution in [1.82, 2.24) is 0 Å². The number of carbonyl (C=O) groups excluding carboxylic acids is 2. The molecule has 1 unspecified atom stereocenters. The van der Waals surface area contributed by atoms with Gasteiger partial charge >= 0.3 is 0 Å². The predicted molar refractivity (Wildman–Crippen MR) is 168 cm³/mol. The first-order valence-electron chi connectivity index (χ1n) is 16.3. The molecule has 0 spiro atoms. The van der Waals surface area contributed by atoms with Gasteiger partial charge < -0.3 is 0 Å². The first-order valence-corrected chi connectivity index (χ1v) is 16.3. The Morgan fingerprint density at radius 1 is 0.526 bits per heavy atom. The highest BCUT2D eigenvalue weighted by Gasteiger charge is 2.17. The van der Waals surface area contributed by atoms with E-state index in [4.69, 9.17) is 0 Å². The number of carbonyl (C=O) groups is 1. The van der Waals surface area contributed by atoms with Crippen molar-refractivity contribution in [2.24, 2.45) is 5.92 Å². The van der Waals surface area contributed by atoms with Crippen LogP contribution < -0.4 is 0 Å². The van der Waals surface area contributed by atoms with Crippen LogP contribution in [0.4, 0.5) is 0 Å². The van der Waals surface area contributed by atoms with Crippen LogP contribution in [-0.4, -0.2) is 12.1 Å². The van der Waals surface area contributed by atoms with Crippen molar-refractivity contribution in [2.45, 2.75) is 162 Å². The highest BCUT2D eigenvalue weighted by Crippen LogP contribution is 2.15. The maximum atomic E-state index is 12.4. The third-order valence-electron chi connectivity index (χ3n) is 7.10. The first-order chi connectivity index (χ1) is 18.8. The van der Waals surface area contributed by atoms with E-state index < -0.39 is 5.92 Å². The summed E-state index contributed by atoms with van der Waals surface area (Å²) in [4.78, 5) is 23.7.